The second-order valence-corrected chi connectivity index (χ2v) is 5.63. The minimum Gasteiger partial charge on any atom is -0.493 e. The van der Waals surface area contributed by atoms with Gasteiger partial charge < -0.3 is 20.1 Å². The number of benzene rings is 2. The first kappa shape index (κ1) is 22.9. The first-order valence-electron chi connectivity index (χ1n) is 8.13. The third-order valence-corrected chi connectivity index (χ3v) is 3.67. The topological polar surface area (TPSA) is 54.9 Å². The van der Waals surface area contributed by atoms with Crippen LogP contribution in [0.4, 0.5) is 8.78 Å². The van der Waals surface area contributed by atoms with E-state index in [9.17, 15) is 8.78 Å². The van der Waals surface area contributed by atoms with Crippen molar-refractivity contribution in [3.05, 3.63) is 59.2 Å². The number of nitrogens with one attached hydrogen (secondary N) is 2. The van der Waals surface area contributed by atoms with E-state index < -0.39 is 6.61 Å². The van der Waals surface area contributed by atoms with Gasteiger partial charge in [0.25, 0.3) is 0 Å². The molecule has 0 heterocycles. The van der Waals surface area contributed by atoms with Gasteiger partial charge in [-0.3, -0.25) is 4.99 Å². The van der Waals surface area contributed by atoms with Gasteiger partial charge >= 0.3 is 6.61 Å². The number of guanidine groups is 1. The molecule has 2 aromatic carbocycles. The lowest BCUT2D eigenvalue weighted by molar-refractivity contribution is -0.0512. The first-order valence-corrected chi connectivity index (χ1v) is 8.13. The number of hydrogen-bond acceptors (Lipinski definition) is 3. The SMILES string of the molecule is CN=C(NCc1cccc(C)c1)NCc1ccc(OC)c(OC(F)F)c1.I. The van der Waals surface area contributed by atoms with Crippen molar-refractivity contribution in [2.75, 3.05) is 14.2 Å². The molecule has 0 bridgehead atoms. The molecular formula is C19H24F2IN3O2. The smallest absolute Gasteiger partial charge is 0.387 e. The molecule has 2 aromatic rings. The summed E-state index contributed by atoms with van der Waals surface area (Å²) in [4.78, 5) is 4.16. The fraction of sp³-hybridized carbons (Fsp3) is 0.316. The van der Waals surface area contributed by atoms with Crippen LogP contribution in [0.25, 0.3) is 0 Å². The van der Waals surface area contributed by atoms with Crippen molar-refractivity contribution >= 4 is 29.9 Å². The molecule has 0 amide bonds. The molecule has 0 saturated heterocycles. The average molecular weight is 491 g/mol. The van der Waals surface area contributed by atoms with Crippen molar-refractivity contribution in [3.63, 3.8) is 0 Å². The van der Waals surface area contributed by atoms with Crippen LogP contribution in [-0.2, 0) is 13.1 Å². The van der Waals surface area contributed by atoms with Gasteiger partial charge in [0.05, 0.1) is 7.11 Å². The number of aliphatic imine (C=N–C) groups is 1. The van der Waals surface area contributed by atoms with Crippen molar-refractivity contribution in [2.24, 2.45) is 4.99 Å². The summed E-state index contributed by atoms with van der Waals surface area (Å²) in [6.07, 6.45) is 0. The minimum absolute atomic E-state index is 0. The van der Waals surface area contributed by atoms with Gasteiger partial charge in [0.1, 0.15) is 0 Å². The molecule has 2 N–H and O–H groups in total. The van der Waals surface area contributed by atoms with Gasteiger partial charge in [-0.1, -0.05) is 35.9 Å². The zero-order chi connectivity index (χ0) is 18.9. The van der Waals surface area contributed by atoms with Crippen LogP contribution in [0.5, 0.6) is 11.5 Å². The normalized spacial score (nSPS) is 11.0. The molecule has 0 atom stereocenters. The Morgan fingerprint density at radius 2 is 1.70 bits per heavy atom. The molecular weight excluding hydrogens is 467 g/mol. The predicted molar refractivity (Wildman–Crippen MR) is 113 cm³/mol. The molecule has 0 unspecified atom stereocenters. The fourth-order valence-corrected chi connectivity index (χ4v) is 2.43. The van der Waals surface area contributed by atoms with E-state index in [4.69, 9.17) is 4.74 Å². The Kier molecular flexibility index (Phi) is 9.84. The molecule has 0 radical (unpaired) electrons. The van der Waals surface area contributed by atoms with E-state index in [1.54, 1.807) is 19.2 Å². The number of alkyl halides is 2. The molecule has 2 rings (SSSR count). The number of rotatable bonds is 7. The van der Waals surface area contributed by atoms with Crippen molar-refractivity contribution in [1.29, 1.82) is 0 Å². The molecule has 0 fully saturated rings. The zero-order valence-electron chi connectivity index (χ0n) is 15.5. The van der Waals surface area contributed by atoms with E-state index in [1.165, 1.54) is 18.7 Å². The van der Waals surface area contributed by atoms with Gasteiger partial charge in [0.2, 0.25) is 0 Å². The number of nitrogens with zero attached hydrogens (tertiary/aromatic N) is 1. The maximum Gasteiger partial charge on any atom is 0.387 e. The van der Waals surface area contributed by atoms with Crippen LogP contribution in [-0.4, -0.2) is 26.7 Å². The maximum absolute atomic E-state index is 12.5. The molecule has 8 heteroatoms. The summed E-state index contributed by atoms with van der Waals surface area (Å²) in [6, 6.07) is 13.1. The van der Waals surface area contributed by atoms with Crippen LogP contribution in [0.1, 0.15) is 16.7 Å². The number of aryl methyl sites for hydroxylation is 1. The van der Waals surface area contributed by atoms with Crippen LogP contribution < -0.4 is 20.1 Å². The lowest BCUT2D eigenvalue weighted by Crippen LogP contribution is -2.36. The highest BCUT2D eigenvalue weighted by Gasteiger charge is 2.11. The second kappa shape index (κ2) is 11.6. The quantitative estimate of drug-likeness (QED) is 0.348. The Morgan fingerprint density at radius 3 is 2.26 bits per heavy atom. The van der Waals surface area contributed by atoms with Crippen molar-refractivity contribution in [2.45, 2.75) is 26.6 Å². The Labute approximate surface area is 175 Å². The summed E-state index contributed by atoms with van der Waals surface area (Å²) in [5, 5.41) is 6.36. The average Bonchev–Trinajstić information content (AvgIpc) is 2.61. The van der Waals surface area contributed by atoms with E-state index in [0.717, 1.165) is 11.1 Å². The van der Waals surface area contributed by atoms with Crippen molar-refractivity contribution < 1.29 is 18.3 Å². The van der Waals surface area contributed by atoms with E-state index in [0.29, 0.717) is 19.0 Å². The first-order chi connectivity index (χ1) is 12.5. The summed E-state index contributed by atoms with van der Waals surface area (Å²) in [6.45, 7) is 0.163. The summed E-state index contributed by atoms with van der Waals surface area (Å²) in [7, 11) is 3.08. The van der Waals surface area contributed by atoms with Crippen LogP contribution in [0.3, 0.4) is 0 Å². The maximum atomic E-state index is 12.5. The van der Waals surface area contributed by atoms with Crippen LogP contribution in [0.15, 0.2) is 47.5 Å². The lowest BCUT2D eigenvalue weighted by atomic mass is 10.1. The predicted octanol–water partition coefficient (Wildman–Crippen LogP) is 4.09. The molecule has 0 aliphatic heterocycles. The molecule has 0 aliphatic rings. The van der Waals surface area contributed by atoms with E-state index in [1.807, 2.05) is 25.1 Å². The summed E-state index contributed by atoms with van der Waals surface area (Å²) in [5.41, 5.74) is 3.10. The van der Waals surface area contributed by atoms with E-state index in [2.05, 4.69) is 26.4 Å². The minimum atomic E-state index is -2.91. The van der Waals surface area contributed by atoms with Gasteiger partial charge in [0.15, 0.2) is 17.5 Å². The van der Waals surface area contributed by atoms with E-state index >= 15 is 0 Å². The summed E-state index contributed by atoms with van der Waals surface area (Å²) in [5.74, 6) is 0.874. The summed E-state index contributed by atoms with van der Waals surface area (Å²) < 4.78 is 34.5. The molecule has 0 aromatic heterocycles. The van der Waals surface area contributed by atoms with Crippen molar-refractivity contribution in [1.82, 2.24) is 10.6 Å². The number of halogens is 3. The number of methoxy groups -OCH3 is 1. The fourth-order valence-electron chi connectivity index (χ4n) is 2.43. The molecule has 27 heavy (non-hydrogen) atoms. The highest BCUT2D eigenvalue weighted by molar-refractivity contribution is 14.0. The second-order valence-electron chi connectivity index (χ2n) is 5.63. The number of hydrogen-bond donors (Lipinski definition) is 2. The van der Waals surface area contributed by atoms with Gasteiger partial charge in [-0.05, 0) is 30.2 Å². The van der Waals surface area contributed by atoms with E-state index in [-0.39, 0.29) is 35.5 Å². The largest absolute Gasteiger partial charge is 0.493 e. The Balaban J connectivity index is 0.00000364. The highest BCUT2D eigenvalue weighted by Crippen LogP contribution is 2.29. The highest BCUT2D eigenvalue weighted by atomic mass is 127. The summed E-state index contributed by atoms with van der Waals surface area (Å²) >= 11 is 0. The monoisotopic (exact) mass is 491 g/mol. The molecule has 5 nitrogen and oxygen atoms in total. The molecule has 148 valence electrons. The van der Waals surface area contributed by atoms with Gasteiger partial charge in [-0.2, -0.15) is 8.78 Å². The Bertz CT molecular complexity index is 757. The van der Waals surface area contributed by atoms with Gasteiger partial charge in [0, 0.05) is 20.1 Å². The zero-order valence-corrected chi connectivity index (χ0v) is 17.8. The number of ether oxygens (including phenoxy) is 2. The van der Waals surface area contributed by atoms with Gasteiger partial charge in [-0.15, -0.1) is 24.0 Å². The third kappa shape index (κ3) is 7.58. The van der Waals surface area contributed by atoms with Crippen LogP contribution in [0.2, 0.25) is 0 Å². The molecule has 0 aliphatic carbocycles. The van der Waals surface area contributed by atoms with Gasteiger partial charge in [-0.25, -0.2) is 0 Å². The van der Waals surface area contributed by atoms with Crippen molar-refractivity contribution in [3.8, 4) is 11.5 Å². The molecule has 0 spiro atoms. The van der Waals surface area contributed by atoms with Crippen LogP contribution in [0, 0.1) is 6.92 Å². The standard InChI is InChI=1S/C19H23F2N3O2.HI/c1-13-5-4-6-14(9-13)11-23-19(22-2)24-12-15-7-8-16(25-3)17(10-15)26-18(20)21;/h4-10,18H,11-12H2,1-3H3,(H2,22,23,24);1H. The third-order valence-electron chi connectivity index (χ3n) is 3.67. The van der Waals surface area contributed by atoms with Crippen LogP contribution >= 0.6 is 24.0 Å². The molecule has 0 saturated carbocycles. The Hall–Kier alpha value is -2.10. The lowest BCUT2D eigenvalue weighted by Gasteiger charge is -2.14. The Morgan fingerprint density at radius 1 is 1.04 bits per heavy atom.